The number of carbonyl (C=O) groups excluding carboxylic acids is 1. The van der Waals surface area contributed by atoms with Crippen LogP contribution in [0.5, 0.6) is 0 Å². The van der Waals surface area contributed by atoms with Crippen molar-refractivity contribution in [1.82, 2.24) is 0 Å². The van der Waals surface area contributed by atoms with Crippen LogP contribution in [0.2, 0.25) is 0 Å². The average molecular weight is 256 g/mol. The van der Waals surface area contributed by atoms with E-state index in [9.17, 15) is 4.79 Å². The molecule has 1 aromatic carbocycles. The predicted octanol–water partition coefficient (Wildman–Crippen LogP) is 3.35. The minimum absolute atomic E-state index is 0.0141. The molecule has 4 aliphatic carbocycles. The molecule has 4 bridgehead atoms. The maximum atomic E-state index is 12.1. The van der Waals surface area contributed by atoms with Crippen LogP contribution in [0.4, 0.5) is 0 Å². The fourth-order valence-corrected chi connectivity index (χ4v) is 4.66. The van der Waals surface area contributed by atoms with Gasteiger partial charge in [0.05, 0.1) is 12.2 Å². The summed E-state index contributed by atoms with van der Waals surface area (Å²) >= 11 is 0. The molecule has 19 heavy (non-hydrogen) atoms. The van der Waals surface area contributed by atoms with Crippen molar-refractivity contribution in [1.29, 1.82) is 0 Å². The molecule has 100 valence electrons. The predicted molar refractivity (Wildman–Crippen MR) is 72.5 cm³/mol. The number of Topliss-reactive ketones (excluding diaryl/α,β-unsaturated/α-hetero) is 1. The zero-order chi connectivity index (χ0) is 12.9. The van der Waals surface area contributed by atoms with E-state index in [2.05, 4.69) is 24.3 Å². The van der Waals surface area contributed by atoms with Crippen molar-refractivity contribution in [2.75, 3.05) is 0 Å². The summed E-state index contributed by atoms with van der Waals surface area (Å²) in [5.74, 6) is 1.89. The largest absolute Gasteiger partial charge is 0.370 e. The lowest BCUT2D eigenvalue weighted by molar-refractivity contribution is -0.179. The van der Waals surface area contributed by atoms with Gasteiger partial charge in [0.25, 0.3) is 0 Å². The van der Waals surface area contributed by atoms with Crippen LogP contribution >= 0.6 is 0 Å². The highest BCUT2D eigenvalue weighted by molar-refractivity contribution is 5.85. The van der Waals surface area contributed by atoms with Crippen molar-refractivity contribution in [2.24, 2.45) is 17.8 Å². The third-order valence-electron chi connectivity index (χ3n) is 5.33. The van der Waals surface area contributed by atoms with Crippen LogP contribution in [0.1, 0.15) is 37.7 Å². The van der Waals surface area contributed by atoms with Crippen LogP contribution in [-0.2, 0) is 16.1 Å². The van der Waals surface area contributed by atoms with E-state index in [1.807, 2.05) is 6.07 Å². The Kier molecular flexibility index (Phi) is 2.56. The first kappa shape index (κ1) is 11.7. The lowest BCUT2D eigenvalue weighted by Gasteiger charge is -2.55. The highest BCUT2D eigenvalue weighted by atomic mass is 16.5. The number of carbonyl (C=O) groups is 1. The van der Waals surface area contributed by atoms with Crippen LogP contribution in [0.3, 0.4) is 0 Å². The first-order valence-electron chi connectivity index (χ1n) is 7.46. The summed E-state index contributed by atoms with van der Waals surface area (Å²) < 4.78 is 6.32. The molecule has 4 aliphatic rings. The molecule has 0 N–H and O–H groups in total. The fourth-order valence-electron chi connectivity index (χ4n) is 4.66. The van der Waals surface area contributed by atoms with Gasteiger partial charge in [0, 0.05) is 11.8 Å². The topological polar surface area (TPSA) is 26.3 Å². The molecule has 2 atom stereocenters. The van der Waals surface area contributed by atoms with Crippen LogP contribution < -0.4 is 0 Å². The van der Waals surface area contributed by atoms with Crippen molar-refractivity contribution >= 4 is 5.78 Å². The molecule has 0 heterocycles. The van der Waals surface area contributed by atoms with Gasteiger partial charge in [-0.05, 0) is 43.6 Å². The number of hydrogen-bond acceptors (Lipinski definition) is 2. The molecule has 0 aliphatic heterocycles. The van der Waals surface area contributed by atoms with Crippen molar-refractivity contribution < 1.29 is 9.53 Å². The van der Waals surface area contributed by atoms with Crippen LogP contribution in [0.15, 0.2) is 30.3 Å². The number of hydrogen-bond donors (Lipinski definition) is 0. The molecular weight excluding hydrogens is 236 g/mol. The molecule has 0 spiro atoms. The second-order valence-corrected chi connectivity index (χ2v) is 6.70. The minimum atomic E-state index is 0.0141. The molecule has 0 saturated heterocycles. The molecular formula is C17H20O2. The van der Waals surface area contributed by atoms with Crippen molar-refractivity contribution in [3.63, 3.8) is 0 Å². The van der Waals surface area contributed by atoms with Gasteiger partial charge < -0.3 is 4.74 Å². The maximum absolute atomic E-state index is 12.1. The van der Waals surface area contributed by atoms with E-state index < -0.39 is 0 Å². The number of ether oxygens (including phenoxy) is 1. The van der Waals surface area contributed by atoms with Gasteiger partial charge >= 0.3 is 0 Å². The van der Waals surface area contributed by atoms with Gasteiger partial charge in [-0.25, -0.2) is 0 Å². The molecule has 2 heteroatoms. The number of ketones is 1. The van der Waals surface area contributed by atoms with Gasteiger partial charge in [0.2, 0.25) is 0 Å². The Morgan fingerprint density at radius 2 is 1.74 bits per heavy atom. The summed E-state index contributed by atoms with van der Waals surface area (Å²) in [4.78, 5) is 12.1. The van der Waals surface area contributed by atoms with E-state index in [1.54, 1.807) is 0 Å². The normalized spacial score (nSPS) is 39.8. The first-order valence-corrected chi connectivity index (χ1v) is 7.46. The standard InChI is InChI=1S/C17H20O2/c18-16-14-6-13-7-15(16)10-17(8-13,9-14)19-11-12-4-2-1-3-5-12/h1-5,13-15H,6-11H2. The van der Waals surface area contributed by atoms with Gasteiger partial charge in [0.1, 0.15) is 5.78 Å². The number of benzene rings is 1. The summed E-state index contributed by atoms with van der Waals surface area (Å²) in [6, 6.07) is 10.4. The SMILES string of the molecule is O=C1C2CC3CC1CC(OCc1ccccc1)(C3)C2. The molecule has 5 rings (SSSR count). The fraction of sp³-hybridized carbons (Fsp3) is 0.588. The highest BCUT2D eigenvalue weighted by Gasteiger charge is 2.55. The summed E-state index contributed by atoms with van der Waals surface area (Å²) in [5, 5.41) is 0. The van der Waals surface area contributed by atoms with Crippen LogP contribution in [0, 0.1) is 17.8 Å². The summed E-state index contributed by atoms with van der Waals surface area (Å²) in [6.07, 6.45) is 5.40. The third kappa shape index (κ3) is 1.93. The zero-order valence-corrected chi connectivity index (χ0v) is 11.2. The average Bonchev–Trinajstić information content (AvgIpc) is 2.43. The monoisotopic (exact) mass is 256 g/mol. The van der Waals surface area contributed by atoms with E-state index >= 15 is 0 Å². The summed E-state index contributed by atoms with van der Waals surface area (Å²) in [7, 11) is 0. The highest BCUT2D eigenvalue weighted by Crippen LogP contribution is 2.55. The second-order valence-electron chi connectivity index (χ2n) is 6.70. The van der Waals surface area contributed by atoms with E-state index in [1.165, 1.54) is 12.0 Å². The van der Waals surface area contributed by atoms with Crippen molar-refractivity contribution in [3.8, 4) is 0 Å². The molecule has 1 aromatic rings. The Labute approximate surface area is 114 Å². The van der Waals surface area contributed by atoms with Crippen molar-refractivity contribution in [2.45, 2.75) is 44.3 Å². The van der Waals surface area contributed by atoms with E-state index in [0.29, 0.717) is 24.2 Å². The smallest absolute Gasteiger partial charge is 0.139 e. The van der Waals surface area contributed by atoms with Gasteiger partial charge in [-0.1, -0.05) is 30.3 Å². The van der Waals surface area contributed by atoms with Gasteiger partial charge in [-0.3, -0.25) is 4.79 Å². The van der Waals surface area contributed by atoms with Gasteiger partial charge in [-0.2, -0.15) is 0 Å². The van der Waals surface area contributed by atoms with E-state index in [-0.39, 0.29) is 5.60 Å². The van der Waals surface area contributed by atoms with Gasteiger partial charge in [-0.15, -0.1) is 0 Å². The van der Waals surface area contributed by atoms with E-state index in [4.69, 9.17) is 4.74 Å². The lowest BCUT2D eigenvalue weighted by Crippen LogP contribution is -2.56. The Morgan fingerprint density at radius 1 is 1.05 bits per heavy atom. The molecule has 2 unspecified atom stereocenters. The Hall–Kier alpha value is -1.15. The molecule has 0 radical (unpaired) electrons. The Bertz CT molecular complexity index is 475. The van der Waals surface area contributed by atoms with Crippen LogP contribution in [0.25, 0.3) is 0 Å². The minimum Gasteiger partial charge on any atom is -0.370 e. The first-order chi connectivity index (χ1) is 9.24. The van der Waals surface area contributed by atoms with Gasteiger partial charge in [0.15, 0.2) is 0 Å². The Balaban J connectivity index is 1.51. The summed E-state index contributed by atoms with van der Waals surface area (Å²) in [5.41, 5.74) is 1.25. The zero-order valence-electron chi connectivity index (χ0n) is 11.2. The molecule has 0 amide bonds. The lowest BCUT2D eigenvalue weighted by atomic mass is 9.53. The van der Waals surface area contributed by atoms with Crippen LogP contribution in [-0.4, -0.2) is 11.4 Å². The maximum Gasteiger partial charge on any atom is 0.139 e. The number of rotatable bonds is 3. The third-order valence-corrected chi connectivity index (χ3v) is 5.33. The molecule has 4 fully saturated rings. The molecule has 4 saturated carbocycles. The second kappa shape index (κ2) is 4.17. The molecule has 2 nitrogen and oxygen atoms in total. The van der Waals surface area contributed by atoms with Crippen molar-refractivity contribution in [3.05, 3.63) is 35.9 Å². The summed E-state index contributed by atoms with van der Waals surface area (Å²) in [6.45, 7) is 0.696. The quantitative estimate of drug-likeness (QED) is 0.829. The van der Waals surface area contributed by atoms with E-state index in [0.717, 1.165) is 31.6 Å². The molecule has 0 aromatic heterocycles. The Morgan fingerprint density at radius 3 is 2.42 bits per heavy atom.